The quantitative estimate of drug-likeness (QED) is 0.497. The van der Waals surface area contributed by atoms with E-state index in [0.717, 1.165) is 0 Å². The molecule has 0 amide bonds. The molecule has 0 radical (unpaired) electrons. The van der Waals surface area contributed by atoms with Crippen molar-refractivity contribution in [1.82, 2.24) is 0 Å². The van der Waals surface area contributed by atoms with Crippen LogP contribution in [0.5, 0.6) is 0 Å². The van der Waals surface area contributed by atoms with Crippen molar-refractivity contribution in [2.45, 2.75) is 84.3 Å². The topological polar surface area (TPSA) is 93.2 Å². The van der Waals surface area contributed by atoms with Crippen LogP contribution < -0.4 is 0 Å². The Balaban J connectivity index is 1.48. The first kappa shape index (κ1) is 23.9. The van der Waals surface area contributed by atoms with E-state index in [0.29, 0.717) is 18.4 Å². The molecule has 1 saturated heterocycles. The average Bonchev–Trinajstić information content (AvgIpc) is 3.43. The number of fused-ring (bicyclic) bond motifs is 3. The minimum Gasteiger partial charge on any atom is -0.457 e. The summed E-state index contributed by atoms with van der Waals surface area (Å²) in [5.41, 5.74) is -4.17. The Morgan fingerprint density at radius 3 is 2.56 bits per heavy atom. The zero-order chi connectivity index (χ0) is 25.1. The smallest absolute Gasteiger partial charge is 0.311 e. The fourth-order valence-electron chi connectivity index (χ4n) is 8.03. The monoisotopic (exact) mass is 474 g/mol. The molecule has 1 N–H and O–H groups in total. The fourth-order valence-corrected chi connectivity index (χ4v) is 8.03. The van der Waals surface area contributed by atoms with E-state index in [2.05, 4.69) is 0 Å². The van der Waals surface area contributed by atoms with Crippen molar-refractivity contribution in [2.24, 2.45) is 34.0 Å². The lowest BCUT2D eigenvalue weighted by molar-refractivity contribution is -0.174. The minimum atomic E-state index is -1.70. The summed E-state index contributed by atoms with van der Waals surface area (Å²) in [6.45, 7) is 10.4. The number of ketones is 2. The highest BCUT2D eigenvalue weighted by Gasteiger charge is 2.82. The Labute approximate surface area is 199 Å². The predicted molar refractivity (Wildman–Crippen MR) is 121 cm³/mol. The van der Waals surface area contributed by atoms with Gasteiger partial charge in [-0.3, -0.25) is 14.4 Å². The summed E-state index contributed by atoms with van der Waals surface area (Å²) in [6.07, 6.45) is 4.40. The number of allylic oxidation sites excluding steroid dienone is 2. The van der Waals surface area contributed by atoms with Gasteiger partial charge >= 0.3 is 5.97 Å². The lowest BCUT2D eigenvalue weighted by atomic mass is 9.46. The van der Waals surface area contributed by atoms with Crippen LogP contribution >= 0.6 is 0 Å². The van der Waals surface area contributed by atoms with E-state index in [1.54, 1.807) is 26.8 Å². The van der Waals surface area contributed by atoms with Gasteiger partial charge in [0.05, 0.1) is 11.5 Å². The Hall–Kier alpha value is -1.86. The fraction of sp³-hybridized carbons (Fsp3) is 0.741. The second kappa shape index (κ2) is 6.88. The molecule has 1 aliphatic heterocycles. The number of epoxide rings is 1. The predicted octanol–water partition coefficient (Wildman–Crippen LogP) is 3.51. The molecule has 0 aromatic carbocycles. The SMILES string of the molecule is C[C@@H]1C[C@H]2[C@@H]3CC(F)C4=CC(=O)C=C[C@]4(C)[C@@]34O[C@H]4C[C@]2(C)[C@@]1(O)C(=O)COC(=O)C(C)(C)C. The normalized spacial score (nSPS) is 48.8. The number of halogens is 1. The van der Waals surface area contributed by atoms with Crippen molar-refractivity contribution in [1.29, 1.82) is 0 Å². The number of alkyl halides is 1. The number of hydrogen-bond acceptors (Lipinski definition) is 6. The molecule has 5 rings (SSSR count). The second-order valence-corrected chi connectivity index (χ2v) is 12.6. The summed E-state index contributed by atoms with van der Waals surface area (Å²) in [5.74, 6) is -1.92. The van der Waals surface area contributed by atoms with Gasteiger partial charge in [-0.05, 0) is 82.4 Å². The van der Waals surface area contributed by atoms with Gasteiger partial charge in [0.15, 0.2) is 12.4 Å². The molecule has 1 spiro atoms. The van der Waals surface area contributed by atoms with Crippen molar-refractivity contribution in [3.63, 3.8) is 0 Å². The first-order chi connectivity index (χ1) is 15.6. The van der Waals surface area contributed by atoms with Gasteiger partial charge in [-0.25, -0.2) is 4.39 Å². The van der Waals surface area contributed by atoms with Crippen molar-refractivity contribution >= 4 is 17.5 Å². The van der Waals surface area contributed by atoms with Crippen molar-refractivity contribution < 1.29 is 33.4 Å². The van der Waals surface area contributed by atoms with Gasteiger partial charge in [0.1, 0.15) is 17.4 Å². The number of rotatable bonds is 3. The Morgan fingerprint density at radius 1 is 1.24 bits per heavy atom. The maximum absolute atomic E-state index is 15.6. The molecule has 7 heteroatoms. The maximum Gasteiger partial charge on any atom is 0.311 e. The molecule has 4 fully saturated rings. The molecule has 0 aromatic heterocycles. The molecule has 9 atom stereocenters. The van der Waals surface area contributed by atoms with E-state index in [1.165, 1.54) is 12.2 Å². The van der Waals surface area contributed by atoms with Crippen LogP contribution in [0.4, 0.5) is 4.39 Å². The van der Waals surface area contributed by atoms with Crippen LogP contribution in [0.25, 0.3) is 0 Å². The summed E-state index contributed by atoms with van der Waals surface area (Å²) in [6, 6.07) is 0. The zero-order valence-electron chi connectivity index (χ0n) is 20.8. The summed E-state index contributed by atoms with van der Waals surface area (Å²) in [5, 5.41) is 12.0. The zero-order valence-corrected chi connectivity index (χ0v) is 20.8. The molecular formula is C27H35FO6. The average molecular weight is 475 g/mol. The Morgan fingerprint density at radius 2 is 1.91 bits per heavy atom. The summed E-state index contributed by atoms with van der Waals surface area (Å²) < 4.78 is 27.2. The molecular weight excluding hydrogens is 439 g/mol. The Kier molecular flexibility index (Phi) is 4.83. The molecule has 1 heterocycles. The van der Waals surface area contributed by atoms with Crippen LogP contribution in [0.2, 0.25) is 0 Å². The number of Topliss-reactive ketones (excluding diaryl/α,β-unsaturated/α-hetero) is 1. The van der Waals surface area contributed by atoms with E-state index in [9.17, 15) is 19.5 Å². The van der Waals surface area contributed by atoms with Crippen LogP contribution in [0.3, 0.4) is 0 Å². The number of carbonyl (C=O) groups is 3. The third kappa shape index (κ3) is 2.71. The van der Waals surface area contributed by atoms with Crippen LogP contribution in [-0.2, 0) is 23.9 Å². The molecule has 5 aliphatic rings. The molecule has 4 aliphatic carbocycles. The van der Waals surface area contributed by atoms with Crippen LogP contribution in [-0.4, -0.2) is 52.7 Å². The first-order valence-electron chi connectivity index (χ1n) is 12.3. The number of aliphatic hydroxyl groups is 1. The lowest BCUT2D eigenvalue weighted by Crippen LogP contribution is -2.63. The third-order valence-electron chi connectivity index (χ3n) is 9.87. The van der Waals surface area contributed by atoms with E-state index >= 15 is 4.39 Å². The first-order valence-corrected chi connectivity index (χ1v) is 12.3. The van der Waals surface area contributed by atoms with Gasteiger partial charge < -0.3 is 14.6 Å². The Bertz CT molecular complexity index is 1040. The highest BCUT2D eigenvalue weighted by atomic mass is 19.1. The highest BCUT2D eigenvalue weighted by molar-refractivity contribution is 6.01. The van der Waals surface area contributed by atoms with Crippen molar-refractivity contribution in [3.05, 3.63) is 23.8 Å². The lowest BCUT2D eigenvalue weighted by Gasteiger charge is -2.56. The molecule has 3 saturated carbocycles. The number of esters is 1. The van der Waals surface area contributed by atoms with E-state index < -0.39 is 52.0 Å². The molecule has 6 nitrogen and oxygen atoms in total. The highest BCUT2D eigenvalue weighted by Crippen LogP contribution is 2.76. The van der Waals surface area contributed by atoms with Crippen LogP contribution in [0.15, 0.2) is 23.8 Å². The third-order valence-corrected chi connectivity index (χ3v) is 9.87. The second-order valence-electron chi connectivity index (χ2n) is 12.6. The van der Waals surface area contributed by atoms with Gasteiger partial charge in [-0.1, -0.05) is 19.9 Å². The molecule has 34 heavy (non-hydrogen) atoms. The van der Waals surface area contributed by atoms with Crippen LogP contribution in [0.1, 0.15) is 60.8 Å². The largest absolute Gasteiger partial charge is 0.457 e. The van der Waals surface area contributed by atoms with Gasteiger partial charge in [-0.15, -0.1) is 0 Å². The maximum atomic E-state index is 15.6. The van der Waals surface area contributed by atoms with Gasteiger partial charge in [-0.2, -0.15) is 0 Å². The number of ether oxygens (including phenoxy) is 2. The molecule has 0 aromatic rings. The van der Waals surface area contributed by atoms with Gasteiger partial charge in [0.25, 0.3) is 0 Å². The summed E-state index contributed by atoms with van der Waals surface area (Å²) >= 11 is 0. The number of carbonyl (C=O) groups excluding carboxylic acids is 3. The van der Waals surface area contributed by atoms with Crippen LogP contribution in [0, 0.1) is 34.0 Å². The van der Waals surface area contributed by atoms with Crippen molar-refractivity contribution in [3.8, 4) is 0 Å². The van der Waals surface area contributed by atoms with E-state index in [4.69, 9.17) is 9.47 Å². The molecule has 1 unspecified atom stereocenters. The number of hydrogen-bond donors (Lipinski definition) is 1. The van der Waals surface area contributed by atoms with Crippen molar-refractivity contribution in [2.75, 3.05) is 6.61 Å². The van der Waals surface area contributed by atoms with E-state index in [-0.39, 0.29) is 36.1 Å². The summed E-state index contributed by atoms with van der Waals surface area (Å²) in [7, 11) is 0. The van der Waals surface area contributed by atoms with Gasteiger partial charge in [0, 0.05) is 10.8 Å². The standard InChI is InChI=1S/C27H35FO6/c1-14-9-16-17-11-19(28)18-10-15(29)7-8-24(18,5)27(17)21(34-27)12-25(16,6)26(14,32)20(30)13-33-22(31)23(2,3)4/h7-8,10,14,16-17,19,21,32H,9,11-13H2,1-6H3/t14-,16+,17+,19?,21+,24+,25+,26+,27-/m1/s1. The molecule has 0 bridgehead atoms. The summed E-state index contributed by atoms with van der Waals surface area (Å²) in [4.78, 5) is 37.7. The van der Waals surface area contributed by atoms with E-state index in [1.807, 2.05) is 20.8 Å². The molecule has 186 valence electrons. The van der Waals surface area contributed by atoms with Gasteiger partial charge in [0.2, 0.25) is 5.78 Å². The minimum absolute atomic E-state index is 0.142.